The van der Waals surface area contributed by atoms with Crippen molar-refractivity contribution < 1.29 is 28.3 Å². The van der Waals surface area contributed by atoms with Crippen molar-refractivity contribution >= 4 is 34.4 Å². The van der Waals surface area contributed by atoms with Gasteiger partial charge in [0.25, 0.3) is 5.91 Å². The van der Waals surface area contributed by atoms with E-state index in [4.69, 9.17) is 13.9 Å². The Morgan fingerprint density at radius 2 is 1.88 bits per heavy atom. The number of nitrogens with zero attached hydrogens (tertiary/aromatic N) is 2. The number of fused-ring (bicyclic) bond motifs is 1. The van der Waals surface area contributed by atoms with Crippen molar-refractivity contribution in [1.82, 2.24) is 14.8 Å². The molecule has 10 nitrogen and oxygen atoms in total. The lowest BCUT2D eigenvalue weighted by molar-refractivity contribution is -0.117. The molecule has 2 amide bonds. The topological polar surface area (TPSA) is 117 Å². The zero-order chi connectivity index (χ0) is 24.1. The third-order valence-electron chi connectivity index (χ3n) is 5.58. The zero-order valence-electron chi connectivity index (χ0n) is 19.3. The molecule has 0 radical (unpaired) electrons. The van der Waals surface area contributed by atoms with E-state index in [2.05, 4.69) is 10.3 Å². The molecular formula is C24H28N4O6. The number of ether oxygens (including phenoxy) is 2. The van der Waals surface area contributed by atoms with Crippen LogP contribution >= 0.6 is 0 Å². The fourth-order valence-corrected chi connectivity index (χ4v) is 3.96. The van der Waals surface area contributed by atoms with E-state index in [1.807, 2.05) is 11.8 Å². The molecular weight excluding hydrogens is 440 g/mol. The van der Waals surface area contributed by atoms with Crippen LogP contribution in [0.25, 0.3) is 10.9 Å². The van der Waals surface area contributed by atoms with Crippen LogP contribution in [0.2, 0.25) is 0 Å². The molecule has 0 saturated carbocycles. The number of anilines is 1. The summed E-state index contributed by atoms with van der Waals surface area (Å²) in [4.78, 5) is 44.6. The largest absolute Gasteiger partial charge is 0.494 e. The van der Waals surface area contributed by atoms with Gasteiger partial charge in [0.05, 0.1) is 31.7 Å². The van der Waals surface area contributed by atoms with Crippen LogP contribution in [0, 0.1) is 0 Å². The number of amides is 2. The number of esters is 1. The monoisotopic (exact) mass is 468 g/mol. The highest BCUT2D eigenvalue weighted by Crippen LogP contribution is 2.31. The molecule has 2 N–H and O–H groups in total. The number of carbonyl (C=O) groups excluding carboxylic acids is 3. The van der Waals surface area contributed by atoms with Crippen LogP contribution in [0.4, 0.5) is 5.69 Å². The van der Waals surface area contributed by atoms with Crippen LogP contribution in [0.1, 0.15) is 34.9 Å². The van der Waals surface area contributed by atoms with Gasteiger partial charge < -0.3 is 29.1 Å². The highest BCUT2D eigenvalue weighted by atomic mass is 16.5. The third-order valence-corrected chi connectivity index (χ3v) is 5.58. The Hall–Kier alpha value is -3.79. The smallest absolute Gasteiger partial charge is 0.356 e. The molecule has 0 spiro atoms. The fraction of sp³-hybridized carbons (Fsp3) is 0.375. The van der Waals surface area contributed by atoms with Crippen LogP contribution in [0.5, 0.6) is 5.75 Å². The number of H-pyrrole nitrogens is 1. The Morgan fingerprint density at radius 3 is 2.56 bits per heavy atom. The number of aromatic amines is 1. The molecule has 34 heavy (non-hydrogen) atoms. The molecule has 3 heterocycles. The number of carbonyl (C=O) groups is 3. The first-order valence-corrected chi connectivity index (χ1v) is 11.3. The number of benzene rings is 1. The summed E-state index contributed by atoms with van der Waals surface area (Å²) >= 11 is 0. The van der Waals surface area contributed by atoms with E-state index in [0.29, 0.717) is 60.9 Å². The minimum Gasteiger partial charge on any atom is -0.494 e. The lowest BCUT2D eigenvalue weighted by Gasteiger charge is -2.33. The zero-order valence-corrected chi connectivity index (χ0v) is 19.3. The Kier molecular flexibility index (Phi) is 7.17. The van der Waals surface area contributed by atoms with Crippen molar-refractivity contribution in [2.24, 2.45) is 0 Å². The molecule has 1 aliphatic rings. The van der Waals surface area contributed by atoms with E-state index in [1.54, 1.807) is 42.2 Å². The van der Waals surface area contributed by atoms with E-state index in [9.17, 15) is 14.4 Å². The van der Waals surface area contributed by atoms with Crippen LogP contribution in [-0.4, -0.2) is 78.5 Å². The molecule has 0 aliphatic carbocycles. The molecule has 2 aromatic heterocycles. The summed E-state index contributed by atoms with van der Waals surface area (Å²) in [6, 6.07) is 8.70. The Morgan fingerprint density at radius 1 is 1.09 bits per heavy atom. The van der Waals surface area contributed by atoms with Gasteiger partial charge in [0.1, 0.15) is 11.4 Å². The average molecular weight is 469 g/mol. The predicted molar refractivity (Wildman–Crippen MR) is 125 cm³/mol. The molecule has 0 unspecified atom stereocenters. The standard InChI is InChI=1S/C24H28N4O6/c1-3-32-16-7-8-18-17(14-16)21(22(25-18)24(31)33-4-2)26-20(29)15-27-9-11-28(12-10-27)23(30)19-6-5-13-34-19/h5-8,13-14,25H,3-4,9-12,15H2,1-2H3,(H,26,29). The van der Waals surface area contributed by atoms with E-state index in [0.717, 1.165) is 0 Å². The van der Waals surface area contributed by atoms with Crippen molar-refractivity contribution in [3.8, 4) is 5.75 Å². The third kappa shape index (κ3) is 5.07. The van der Waals surface area contributed by atoms with Crippen LogP contribution in [0.15, 0.2) is 41.0 Å². The minimum absolute atomic E-state index is 0.128. The first-order valence-electron chi connectivity index (χ1n) is 11.3. The van der Waals surface area contributed by atoms with Gasteiger partial charge in [-0.3, -0.25) is 14.5 Å². The summed E-state index contributed by atoms with van der Waals surface area (Å²) in [5.41, 5.74) is 1.24. The molecule has 3 aromatic rings. The van der Waals surface area contributed by atoms with Gasteiger partial charge in [0.2, 0.25) is 5.91 Å². The lowest BCUT2D eigenvalue weighted by Crippen LogP contribution is -2.50. The molecule has 1 aromatic carbocycles. The number of furan rings is 1. The Labute approximate surface area is 196 Å². The number of hydrogen-bond acceptors (Lipinski definition) is 7. The second kappa shape index (κ2) is 10.4. The summed E-state index contributed by atoms with van der Waals surface area (Å²) in [5, 5.41) is 3.55. The Bertz CT molecular complexity index is 1160. The molecule has 0 atom stereocenters. The van der Waals surface area contributed by atoms with Crippen molar-refractivity contribution in [2.75, 3.05) is 51.3 Å². The maximum Gasteiger partial charge on any atom is 0.356 e. The highest BCUT2D eigenvalue weighted by Gasteiger charge is 2.26. The second-order valence-corrected chi connectivity index (χ2v) is 7.83. The van der Waals surface area contributed by atoms with E-state index >= 15 is 0 Å². The molecule has 180 valence electrons. The summed E-state index contributed by atoms with van der Waals surface area (Å²) < 4.78 is 15.9. The van der Waals surface area contributed by atoms with Gasteiger partial charge in [-0.05, 0) is 44.2 Å². The first kappa shape index (κ1) is 23.4. The predicted octanol–water partition coefficient (Wildman–Crippen LogP) is 2.73. The van der Waals surface area contributed by atoms with Crippen molar-refractivity contribution in [3.05, 3.63) is 48.0 Å². The van der Waals surface area contributed by atoms with Crippen LogP contribution in [0.3, 0.4) is 0 Å². The number of aromatic nitrogens is 1. The highest BCUT2D eigenvalue weighted by molar-refractivity contribution is 6.11. The molecule has 1 saturated heterocycles. The van der Waals surface area contributed by atoms with Crippen molar-refractivity contribution in [2.45, 2.75) is 13.8 Å². The number of piperazine rings is 1. The first-order chi connectivity index (χ1) is 16.5. The Balaban J connectivity index is 1.44. The molecule has 1 aliphatic heterocycles. The quantitative estimate of drug-likeness (QED) is 0.488. The van der Waals surface area contributed by atoms with E-state index in [1.165, 1.54) is 6.26 Å². The maximum absolute atomic E-state index is 12.9. The van der Waals surface area contributed by atoms with Crippen molar-refractivity contribution in [1.29, 1.82) is 0 Å². The van der Waals surface area contributed by atoms with E-state index in [-0.39, 0.29) is 30.7 Å². The lowest BCUT2D eigenvalue weighted by atomic mass is 10.2. The number of hydrogen-bond donors (Lipinski definition) is 2. The molecule has 0 bridgehead atoms. The van der Waals surface area contributed by atoms with Crippen LogP contribution in [-0.2, 0) is 9.53 Å². The fourth-order valence-electron chi connectivity index (χ4n) is 3.96. The number of nitrogens with one attached hydrogen (secondary N) is 2. The summed E-state index contributed by atoms with van der Waals surface area (Å²) in [5.74, 6) is -0.0196. The second-order valence-electron chi connectivity index (χ2n) is 7.83. The van der Waals surface area contributed by atoms with Gasteiger partial charge in [0.15, 0.2) is 5.76 Å². The average Bonchev–Trinajstić information content (AvgIpc) is 3.48. The SMILES string of the molecule is CCOC(=O)c1[nH]c2ccc(OCC)cc2c1NC(=O)CN1CCN(C(=O)c2ccco2)CC1. The summed E-state index contributed by atoms with van der Waals surface area (Å²) in [6.45, 7) is 6.53. The van der Waals surface area contributed by atoms with Gasteiger partial charge in [0, 0.05) is 37.1 Å². The van der Waals surface area contributed by atoms with E-state index < -0.39 is 5.97 Å². The molecule has 10 heteroatoms. The van der Waals surface area contributed by atoms with Gasteiger partial charge in [-0.1, -0.05) is 0 Å². The van der Waals surface area contributed by atoms with Gasteiger partial charge in [-0.15, -0.1) is 0 Å². The molecule has 4 rings (SSSR count). The van der Waals surface area contributed by atoms with Crippen molar-refractivity contribution in [3.63, 3.8) is 0 Å². The molecule has 1 fully saturated rings. The normalized spacial score (nSPS) is 14.2. The minimum atomic E-state index is -0.544. The maximum atomic E-state index is 12.9. The van der Waals surface area contributed by atoms with Gasteiger partial charge in [-0.25, -0.2) is 4.79 Å². The van der Waals surface area contributed by atoms with Gasteiger partial charge in [-0.2, -0.15) is 0 Å². The summed E-state index contributed by atoms with van der Waals surface area (Å²) in [6.07, 6.45) is 1.47. The van der Waals surface area contributed by atoms with Crippen LogP contribution < -0.4 is 10.1 Å². The number of rotatable bonds is 8. The van der Waals surface area contributed by atoms with Gasteiger partial charge >= 0.3 is 5.97 Å². The summed E-state index contributed by atoms with van der Waals surface area (Å²) in [7, 11) is 0.